The average Bonchev–Trinajstić information content (AvgIpc) is 2.92. The second kappa shape index (κ2) is 12.2. The number of likely N-dealkylation sites (N-methyl/N-ethyl adjacent to an activating group) is 2. The monoisotopic (exact) mass is 558 g/mol. The number of carbonyl (C=O) groups is 3. The Morgan fingerprint density at radius 3 is 2.48 bits per heavy atom. The summed E-state index contributed by atoms with van der Waals surface area (Å²) in [5.41, 5.74) is -0.561. The van der Waals surface area contributed by atoms with Gasteiger partial charge in [-0.15, -0.1) is 0 Å². The second-order valence-corrected chi connectivity index (χ2v) is 9.03. The van der Waals surface area contributed by atoms with Crippen molar-refractivity contribution in [1.82, 2.24) is 9.80 Å². The summed E-state index contributed by atoms with van der Waals surface area (Å²) >= 11 is 0. The Bertz CT molecular complexity index is 1380. The zero-order valence-electron chi connectivity index (χ0n) is 22.7. The summed E-state index contributed by atoms with van der Waals surface area (Å²) in [6.45, 7) is 3.49. The predicted molar refractivity (Wildman–Crippen MR) is 139 cm³/mol. The van der Waals surface area contributed by atoms with Gasteiger partial charge in [-0.2, -0.15) is 18.4 Å². The molecule has 1 aliphatic heterocycles. The minimum absolute atomic E-state index is 0.0114. The number of rotatable bonds is 8. The molecule has 0 fully saturated rings. The number of halogens is 3. The van der Waals surface area contributed by atoms with E-state index < -0.39 is 35.7 Å². The van der Waals surface area contributed by atoms with Gasteiger partial charge in [0.2, 0.25) is 0 Å². The molecule has 1 aliphatic rings. The molecule has 2 aromatic carbocycles. The van der Waals surface area contributed by atoms with E-state index in [-0.39, 0.29) is 53.4 Å². The first-order chi connectivity index (χ1) is 18.9. The van der Waals surface area contributed by atoms with Crippen LogP contribution in [0.1, 0.15) is 46.9 Å². The van der Waals surface area contributed by atoms with E-state index in [9.17, 15) is 32.8 Å². The minimum Gasteiger partial charge on any atom is -0.463 e. The van der Waals surface area contributed by atoms with Crippen molar-refractivity contribution in [3.63, 3.8) is 0 Å². The van der Waals surface area contributed by atoms with Crippen molar-refractivity contribution in [3.05, 3.63) is 76.0 Å². The Morgan fingerprint density at radius 2 is 1.88 bits per heavy atom. The van der Waals surface area contributed by atoms with Crippen LogP contribution >= 0.6 is 0 Å². The SMILES string of the molecule is CCOC(=O)C1=C(C)N(c2cccc(C(F)(F)F)c2)C(=O)N(C)C1c1ccc(C#N)cc1C(=O)N(C)CCOC. The first-order valence-electron chi connectivity index (χ1n) is 12.3. The minimum atomic E-state index is -4.66. The van der Waals surface area contributed by atoms with Crippen LogP contribution in [0.2, 0.25) is 0 Å². The number of allylic oxidation sites excluding steroid dienone is 1. The highest BCUT2D eigenvalue weighted by Crippen LogP contribution is 2.41. The molecule has 1 heterocycles. The van der Waals surface area contributed by atoms with Crippen LogP contribution in [0.25, 0.3) is 0 Å². The molecule has 0 saturated heterocycles. The second-order valence-electron chi connectivity index (χ2n) is 9.03. The van der Waals surface area contributed by atoms with Gasteiger partial charge in [0.1, 0.15) is 0 Å². The van der Waals surface area contributed by atoms with E-state index >= 15 is 0 Å². The molecule has 0 spiro atoms. The Kier molecular flexibility index (Phi) is 9.21. The number of hydrogen-bond acceptors (Lipinski definition) is 6. The van der Waals surface area contributed by atoms with Gasteiger partial charge in [0.15, 0.2) is 0 Å². The summed E-state index contributed by atoms with van der Waals surface area (Å²) in [5, 5.41) is 9.48. The molecule has 12 heteroatoms. The zero-order valence-corrected chi connectivity index (χ0v) is 22.7. The van der Waals surface area contributed by atoms with Gasteiger partial charge in [0.25, 0.3) is 5.91 Å². The summed E-state index contributed by atoms with van der Waals surface area (Å²) in [6.07, 6.45) is -4.66. The molecule has 0 aromatic heterocycles. The number of amides is 3. The van der Waals surface area contributed by atoms with Crippen LogP contribution in [-0.4, -0.2) is 68.7 Å². The van der Waals surface area contributed by atoms with Crippen molar-refractivity contribution in [2.75, 3.05) is 45.9 Å². The van der Waals surface area contributed by atoms with Gasteiger partial charge >= 0.3 is 18.2 Å². The third-order valence-electron chi connectivity index (χ3n) is 6.49. The fraction of sp³-hybridized carbons (Fsp3) is 0.357. The number of ether oxygens (including phenoxy) is 2. The Balaban J connectivity index is 2.27. The third-order valence-corrected chi connectivity index (χ3v) is 6.49. The smallest absolute Gasteiger partial charge is 0.416 e. The first kappa shape index (κ1) is 30.2. The largest absolute Gasteiger partial charge is 0.463 e. The summed E-state index contributed by atoms with van der Waals surface area (Å²) in [5.74, 6) is -1.29. The number of anilines is 1. The number of alkyl halides is 3. The number of esters is 1. The lowest BCUT2D eigenvalue weighted by Gasteiger charge is -2.41. The molecule has 0 bridgehead atoms. The number of benzene rings is 2. The Labute approximate surface area is 230 Å². The maximum atomic E-state index is 13.7. The highest BCUT2D eigenvalue weighted by Gasteiger charge is 2.43. The summed E-state index contributed by atoms with van der Waals surface area (Å²) in [6, 6.07) is 8.62. The fourth-order valence-electron chi connectivity index (χ4n) is 4.47. The Morgan fingerprint density at radius 1 is 1.18 bits per heavy atom. The first-order valence-corrected chi connectivity index (χ1v) is 12.3. The van der Waals surface area contributed by atoms with Crippen LogP contribution in [0.5, 0.6) is 0 Å². The molecule has 212 valence electrons. The van der Waals surface area contributed by atoms with Gasteiger partial charge < -0.3 is 19.3 Å². The summed E-state index contributed by atoms with van der Waals surface area (Å²) in [4.78, 5) is 44.1. The van der Waals surface area contributed by atoms with E-state index in [2.05, 4.69) is 0 Å². The lowest BCUT2D eigenvalue weighted by Crippen LogP contribution is -2.49. The number of urea groups is 1. The standard InChI is InChI=1S/C28H29F3N4O5/c1-6-40-26(37)23-17(2)35(20-9-7-8-19(15-20)28(29,30)31)27(38)34(4)24(23)21-11-10-18(16-32)14-22(21)25(36)33(3)12-13-39-5/h7-11,14-15,24H,6,12-13H2,1-5H3. The molecule has 9 nitrogen and oxygen atoms in total. The molecule has 2 aromatic rings. The van der Waals surface area contributed by atoms with E-state index in [1.807, 2.05) is 6.07 Å². The van der Waals surface area contributed by atoms with Crippen molar-refractivity contribution >= 4 is 23.6 Å². The third kappa shape index (κ3) is 5.94. The number of nitrogens with zero attached hydrogens (tertiary/aromatic N) is 4. The molecule has 0 aliphatic carbocycles. The molecule has 0 radical (unpaired) electrons. The van der Waals surface area contributed by atoms with Crippen molar-refractivity contribution < 1.29 is 37.0 Å². The lowest BCUT2D eigenvalue weighted by atomic mass is 9.88. The normalized spacial score (nSPS) is 15.7. The highest BCUT2D eigenvalue weighted by atomic mass is 19.4. The van der Waals surface area contributed by atoms with Crippen molar-refractivity contribution in [2.24, 2.45) is 0 Å². The maximum absolute atomic E-state index is 13.7. The van der Waals surface area contributed by atoms with Crippen LogP contribution in [0.4, 0.5) is 23.7 Å². The quantitative estimate of drug-likeness (QED) is 0.434. The summed E-state index contributed by atoms with van der Waals surface area (Å²) < 4.78 is 50.7. The van der Waals surface area contributed by atoms with E-state index in [1.165, 1.54) is 56.3 Å². The van der Waals surface area contributed by atoms with Gasteiger partial charge in [-0.05, 0) is 49.7 Å². The lowest BCUT2D eigenvalue weighted by molar-refractivity contribution is -0.139. The molecule has 40 heavy (non-hydrogen) atoms. The molecular formula is C28H29F3N4O5. The van der Waals surface area contributed by atoms with Crippen LogP contribution in [0.3, 0.4) is 0 Å². The van der Waals surface area contributed by atoms with E-state index in [0.29, 0.717) is 0 Å². The number of methoxy groups -OCH3 is 1. The molecule has 0 N–H and O–H groups in total. The number of carbonyl (C=O) groups excluding carboxylic acids is 3. The van der Waals surface area contributed by atoms with Gasteiger partial charge in [-0.3, -0.25) is 9.69 Å². The van der Waals surface area contributed by atoms with E-state index in [4.69, 9.17) is 9.47 Å². The molecule has 3 amide bonds. The number of nitriles is 1. The van der Waals surface area contributed by atoms with Gasteiger partial charge in [0.05, 0.1) is 47.7 Å². The highest BCUT2D eigenvalue weighted by molar-refractivity contribution is 6.04. The van der Waals surface area contributed by atoms with Gasteiger partial charge in [0, 0.05) is 39.0 Å². The van der Waals surface area contributed by atoms with Crippen LogP contribution in [0.15, 0.2) is 53.7 Å². The molecule has 0 saturated carbocycles. The van der Waals surface area contributed by atoms with Crippen molar-refractivity contribution in [3.8, 4) is 6.07 Å². The molecule has 1 atom stereocenters. The van der Waals surface area contributed by atoms with Crippen molar-refractivity contribution in [1.29, 1.82) is 5.26 Å². The van der Waals surface area contributed by atoms with Crippen LogP contribution in [0, 0.1) is 11.3 Å². The van der Waals surface area contributed by atoms with Gasteiger partial charge in [-0.25, -0.2) is 9.59 Å². The van der Waals surface area contributed by atoms with Gasteiger partial charge in [-0.1, -0.05) is 12.1 Å². The topological polar surface area (TPSA) is 103 Å². The van der Waals surface area contributed by atoms with Crippen molar-refractivity contribution in [2.45, 2.75) is 26.1 Å². The molecular weight excluding hydrogens is 529 g/mol. The van der Waals surface area contributed by atoms with Crippen LogP contribution < -0.4 is 4.90 Å². The van der Waals surface area contributed by atoms with E-state index in [0.717, 1.165) is 21.9 Å². The summed E-state index contributed by atoms with van der Waals surface area (Å²) in [7, 11) is 4.40. The fourth-order valence-corrected chi connectivity index (χ4v) is 4.47. The maximum Gasteiger partial charge on any atom is 0.416 e. The predicted octanol–water partition coefficient (Wildman–Crippen LogP) is 4.75. The van der Waals surface area contributed by atoms with E-state index in [1.54, 1.807) is 14.0 Å². The number of hydrogen-bond donors (Lipinski definition) is 0. The Hall–Kier alpha value is -4.37. The van der Waals surface area contributed by atoms with Crippen LogP contribution in [-0.2, 0) is 20.4 Å². The molecule has 1 unspecified atom stereocenters. The molecule has 3 rings (SSSR count). The average molecular weight is 559 g/mol. The zero-order chi connectivity index (χ0) is 29.8.